The predicted molar refractivity (Wildman–Crippen MR) is 84.1 cm³/mol. The molecule has 3 atom stereocenters. The number of hydrogen-bond acceptors (Lipinski definition) is 4. The molecule has 0 aromatic heterocycles. The van der Waals surface area contributed by atoms with Gasteiger partial charge in [0.15, 0.2) is 0 Å². The normalized spacial score (nSPS) is 26.7. The van der Waals surface area contributed by atoms with Gasteiger partial charge in [0.1, 0.15) is 0 Å². The van der Waals surface area contributed by atoms with Crippen LogP contribution in [-0.2, 0) is 4.74 Å². The van der Waals surface area contributed by atoms with Crippen molar-refractivity contribution in [3.8, 4) is 0 Å². The van der Waals surface area contributed by atoms with E-state index >= 15 is 0 Å². The van der Waals surface area contributed by atoms with Crippen LogP contribution in [0.15, 0.2) is 0 Å². The standard InChI is InChI=1S/C16H34N2O2/c1-6-16(7-2,8-3)17-9-15(19)12-18-10-13(4)20-14(5)11-18/h13-15,17,19H,6-12H2,1-5H3. The quantitative estimate of drug-likeness (QED) is 0.716. The lowest BCUT2D eigenvalue weighted by Crippen LogP contribution is -2.52. The maximum Gasteiger partial charge on any atom is 0.0791 e. The van der Waals surface area contributed by atoms with Crippen LogP contribution in [0.2, 0.25) is 0 Å². The van der Waals surface area contributed by atoms with Crippen LogP contribution in [0.25, 0.3) is 0 Å². The molecule has 0 aromatic carbocycles. The van der Waals surface area contributed by atoms with Crippen molar-refractivity contribution in [2.24, 2.45) is 0 Å². The van der Waals surface area contributed by atoms with Gasteiger partial charge < -0.3 is 15.2 Å². The molecule has 3 unspecified atom stereocenters. The van der Waals surface area contributed by atoms with Crippen LogP contribution in [0.3, 0.4) is 0 Å². The maximum absolute atomic E-state index is 10.3. The van der Waals surface area contributed by atoms with E-state index in [0.717, 1.165) is 38.9 Å². The zero-order valence-corrected chi connectivity index (χ0v) is 14.0. The fraction of sp³-hybridized carbons (Fsp3) is 1.00. The van der Waals surface area contributed by atoms with Crippen LogP contribution in [0.5, 0.6) is 0 Å². The van der Waals surface area contributed by atoms with Crippen LogP contribution in [0.1, 0.15) is 53.9 Å². The molecule has 1 fully saturated rings. The highest BCUT2D eigenvalue weighted by Crippen LogP contribution is 2.19. The minimum Gasteiger partial charge on any atom is -0.390 e. The molecule has 0 bridgehead atoms. The molecule has 1 saturated heterocycles. The van der Waals surface area contributed by atoms with Gasteiger partial charge in [-0.05, 0) is 33.1 Å². The highest BCUT2D eigenvalue weighted by Gasteiger charge is 2.26. The van der Waals surface area contributed by atoms with Crippen LogP contribution >= 0.6 is 0 Å². The molecule has 20 heavy (non-hydrogen) atoms. The van der Waals surface area contributed by atoms with Gasteiger partial charge in [0.2, 0.25) is 0 Å². The summed E-state index contributed by atoms with van der Waals surface area (Å²) in [6.45, 7) is 14.1. The molecule has 0 spiro atoms. The molecule has 2 N–H and O–H groups in total. The molecule has 0 radical (unpaired) electrons. The van der Waals surface area contributed by atoms with E-state index in [0.29, 0.717) is 6.54 Å². The first-order valence-electron chi connectivity index (χ1n) is 8.25. The third-order valence-electron chi connectivity index (χ3n) is 4.71. The lowest BCUT2D eigenvalue weighted by Gasteiger charge is -2.37. The summed E-state index contributed by atoms with van der Waals surface area (Å²) in [6, 6.07) is 0. The summed E-state index contributed by atoms with van der Waals surface area (Å²) in [5.41, 5.74) is 0.187. The van der Waals surface area contributed by atoms with E-state index in [1.807, 2.05) is 0 Å². The first-order chi connectivity index (χ1) is 9.44. The van der Waals surface area contributed by atoms with Crippen molar-refractivity contribution < 1.29 is 9.84 Å². The first kappa shape index (κ1) is 17.9. The van der Waals surface area contributed by atoms with Gasteiger partial charge in [-0.3, -0.25) is 4.90 Å². The first-order valence-corrected chi connectivity index (χ1v) is 8.25. The topological polar surface area (TPSA) is 44.7 Å². The van der Waals surface area contributed by atoms with Crippen molar-refractivity contribution in [2.75, 3.05) is 26.2 Å². The zero-order valence-electron chi connectivity index (χ0n) is 14.0. The van der Waals surface area contributed by atoms with E-state index in [4.69, 9.17) is 4.74 Å². The van der Waals surface area contributed by atoms with Gasteiger partial charge in [0.25, 0.3) is 0 Å². The molecule has 1 rings (SSSR count). The fourth-order valence-electron chi connectivity index (χ4n) is 3.26. The Hall–Kier alpha value is -0.160. The van der Waals surface area contributed by atoms with Gasteiger partial charge in [-0.15, -0.1) is 0 Å². The van der Waals surface area contributed by atoms with Crippen LogP contribution in [0, 0.1) is 0 Å². The number of ether oxygens (including phenoxy) is 1. The number of nitrogens with one attached hydrogen (secondary N) is 1. The summed E-state index contributed by atoms with van der Waals surface area (Å²) in [6.07, 6.45) is 3.55. The van der Waals surface area contributed by atoms with Gasteiger partial charge >= 0.3 is 0 Å². The molecule has 1 heterocycles. The number of β-amino-alcohol motifs (C(OH)–C–C–N with tert-alkyl or cyclic N) is 1. The molecule has 0 saturated carbocycles. The predicted octanol–water partition coefficient (Wildman–Crippen LogP) is 2.01. The molecule has 0 aromatic rings. The Kier molecular flexibility index (Phi) is 7.45. The van der Waals surface area contributed by atoms with Crippen LogP contribution in [-0.4, -0.2) is 60.0 Å². The number of rotatable bonds is 8. The van der Waals surface area contributed by atoms with Crippen molar-refractivity contribution in [3.05, 3.63) is 0 Å². The Morgan fingerprint density at radius 2 is 1.65 bits per heavy atom. The van der Waals surface area contributed by atoms with Crippen molar-refractivity contribution in [1.82, 2.24) is 10.2 Å². The van der Waals surface area contributed by atoms with Gasteiger partial charge in [-0.1, -0.05) is 20.8 Å². The Bertz CT molecular complexity index is 251. The van der Waals surface area contributed by atoms with E-state index < -0.39 is 0 Å². The second kappa shape index (κ2) is 8.32. The maximum atomic E-state index is 10.3. The van der Waals surface area contributed by atoms with Gasteiger partial charge in [0.05, 0.1) is 18.3 Å². The number of hydrogen-bond donors (Lipinski definition) is 2. The van der Waals surface area contributed by atoms with Gasteiger partial charge in [0, 0.05) is 31.7 Å². The van der Waals surface area contributed by atoms with E-state index in [-0.39, 0.29) is 23.9 Å². The van der Waals surface area contributed by atoms with E-state index in [9.17, 15) is 5.11 Å². The molecule has 4 heteroatoms. The monoisotopic (exact) mass is 286 g/mol. The minimum absolute atomic E-state index is 0.187. The van der Waals surface area contributed by atoms with Gasteiger partial charge in [-0.2, -0.15) is 0 Å². The molecule has 0 aliphatic carbocycles. The second-order valence-electron chi connectivity index (χ2n) is 6.35. The fourth-order valence-corrected chi connectivity index (χ4v) is 3.26. The molecule has 1 aliphatic heterocycles. The number of aliphatic hydroxyl groups excluding tert-OH is 1. The second-order valence-corrected chi connectivity index (χ2v) is 6.35. The average molecular weight is 286 g/mol. The van der Waals surface area contributed by atoms with E-state index in [1.165, 1.54) is 0 Å². The number of nitrogens with zero attached hydrogens (tertiary/aromatic N) is 1. The smallest absolute Gasteiger partial charge is 0.0791 e. The van der Waals surface area contributed by atoms with E-state index in [1.54, 1.807) is 0 Å². The van der Waals surface area contributed by atoms with Crippen molar-refractivity contribution in [2.45, 2.75) is 77.7 Å². The molecule has 4 nitrogen and oxygen atoms in total. The largest absolute Gasteiger partial charge is 0.390 e. The summed E-state index contributed by atoms with van der Waals surface area (Å²) >= 11 is 0. The average Bonchev–Trinajstić information content (AvgIpc) is 2.40. The highest BCUT2D eigenvalue weighted by molar-refractivity contribution is 4.85. The van der Waals surface area contributed by atoms with Crippen LogP contribution < -0.4 is 5.32 Å². The van der Waals surface area contributed by atoms with Gasteiger partial charge in [-0.25, -0.2) is 0 Å². The summed E-state index contributed by atoms with van der Waals surface area (Å²) in [4.78, 5) is 2.32. The van der Waals surface area contributed by atoms with Crippen molar-refractivity contribution in [3.63, 3.8) is 0 Å². The molecule has 1 aliphatic rings. The lowest BCUT2D eigenvalue weighted by atomic mass is 9.89. The number of aliphatic hydroxyl groups is 1. The Balaban J connectivity index is 2.37. The summed E-state index contributed by atoms with van der Waals surface area (Å²) in [7, 11) is 0. The van der Waals surface area contributed by atoms with Crippen molar-refractivity contribution >= 4 is 0 Å². The SMILES string of the molecule is CCC(CC)(CC)NCC(O)CN1CC(C)OC(C)C1. The Labute approximate surface area is 124 Å². The Morgan fingerprint density at radius 1 is 1.15 bits per heavy atom. The third kappa shape index (κ3) is 5.32. The molecule has 0 amide bonds. The highest BCUT2D eigenvalue weighted by atomic mass is 16.5. The summed E-state index contributed by atoms with van der Waals surface area (Å²) in [5, 5.41) is 13.9. The summed E-state index contributed by atoms with van der Waals surface area (Å²) < 4.78 is 5.73. The van der Waals surface area contributed by atoms with Crippen LogP contribution in [0.4, 0.5) is 0 Å². The molecular weight excluding hydrogens is 252 g/mol. The lowest BCUT2D eigenvalue weighted by molar-refractivity contribution is -0.0765. The zero-order chi connectivity index (χ0) is 15.2. The third-order valence-corrected chi connectivity index (χ3v) is 4.71. The Morgan fingerprint density at radius 3 is 2.10 bits per heavy atom. The summed E-state index contributed by atoms with van der Waals surface area (Å²) in [5.74, 6) is 0. The molecular formula is C16H34N2O2. The minimum atomic E-state index is -0.309. The van der Waals surface area contributed by atoms with E-state index in [2.05, 4.69) is 44.8 Å². The van der Waals surface area contributed by atoms with Crippen molar-refractivity contribution in [1.29, 1.82) is 0 Å². The number of morpholine rings is 1. The molecule has 120 valence electrons.